The number of hydrogen-bond acceptors (Lipinski definition) is 9. The minimum absolute atomic E-state index is 0.0620. The van der Waals surface area contributed by atoms with Gasteiger partial charge in [0, 0.05) is 52.3 Å². The highest BCUT2D eigenvalue weighted by Gasteiger charge is 2.49. The fourth-order valence-corrected chi connectivity index (χ4v) is 7.06. The van der Waals surface area contributed by atoms with E-state index in [4.69, 9.17) is 13.8 Å². The lowest BCUT2D eigenvalue weighted by atomic mass is 9.93. The summed E-state index contributed by atoms with van der Waals surface area (Å²) in [6.45, 7) is -1.13. The van der Waals surface area contributed by atoms with Gasteiger partial charge in [-0.1, -0.05) is 6.07 Å². The number of rotatable bonds is 5. The second-order valence-corrected chi connectivity index (χ2v) is 11.8. The number of halogens is 3. The van der Waals surface area contributed by atoms with Crippen LogP contribution in [0.4, 0.5) is 19.0 Å². The normalized spacial score (nSPS) is 30.9. The van der Waals surface area contributed by atoms with Crippen molar-refractivity contribution >= 4 is 27.5 Å². The number of nitrogens with zero attached hydrogens (tertiary/aromatic N) is 6. The first-order valence-electron chi connectivity index (χ1n) is 15.8. The highest BCUT2D eigenvalue weighted by molar-refractivity contribution is 5.93. The molecule has 2 aromatic heterocycles. The Morgan fingerprint density at radius 2 is 2.12 bits per heavy atom. The van der Waals surface area contributed by atoms with Crippen molar-refractivity contribution in [3.05, 3.63) is 52.5 Å². The van der Waals surface area contributed by atoms with Gasteiger partial charge in [0.15, 0.2) is 11.6 Å². The molecule has 2 unspecified atom stereocenters. The molecule has 5 fully saturated rings. The van der Waals surface area contributed by atoms with E-state index in [0.29, 0.717) is 24.3 Å². The molecule has 2 N–H and O–H groups in total. The molecule has 2 aromatic carbocycles. The second kappa shape index (κ2) is 9.78. The van der Waals surface area contributed by atoms with Crippen molar-refractivity contribution in [2.24, 2.45) is 0 Å². The van der Waals surface area contributed by atoms with Crippen LogP contribution >= 0.6 is 0 Å². The average molecular weight is 597 g/mol. The molecule has 43 heavy (non-hydrogen) atoms. The zero-order chi connectivity index (χ0) is 32.2. The number of aromatic hydroxyl groups is 1. The molecular formula is C30H30F3N7O3. The van der Waals surface area contributed by atoms with Crippen molar-refractivity contribution in [1.29, 1.82) is 0 Å². The molecule has 10 nitrogen and oxygen atoms in total. The van der Waals surface area contributed by atoms with E-state index in [1.54, 1.807) is 0 Å². The number of fused-ring (bicyclic) bond motifs is 6. The monoisotopic (exact) mass is 596 g/mol. The van der Waals surface area contributed by atoms with E-state index >= 15 is 4.39 Å². The van der Waals surface area contributed by atoms with Crippen LogP contribution in [0.15, 0.2) is 35.3 Å². The lowest BCUT2D eigenvalue weighted by molar-refractivity contribution is 0.107. The molecule has 0 spiro atoms. The third-order valence-corrected chi connectivity index (χ3v) is 9.21. The predicted octanol–water partition coefficient (Wildman–Crippen LogP) is 3.21. The summed E-state index contributed by atoms with van der Waals surface area (Å²) in [5, 5.41) is 18.4. The Bertz CT molecular complexity index is 1970. The minimum atomic E-state index is -2.36. The van der Waals surface area contributed by atoms with E-state index in [1.807, 2.05) is 0 Å². The van der Waals surface area contributed by atoms with Gasteiger partial charge in [0.05, 0.1) is 24.2 Å². The molecule has 5 aliphatic rings. The summed E-state index contributed by atoms with van der Waals surface area (Å²) in [5.74, 6) is -2.24. The smallest absolute Gasteiger partial charge is 0.319 e. The minimum Gasteiger partial charge on any atom is -0.508 e. The molecule has 0 aliphatic carbocycles. The number of piperazine rings is 1. The molecule has 2 bridgehead atoms. The first kappa shape index (κ1) is 23.5. The van der Waals surface area contributed by atoms with Gasteiger partial charge in [0.2, 0.25) is 0 Å². The Kier molecular flexibility index (Phi) is 5.34. The molecule has 0 radical (unpaired) electrons. The Labute approximate surface area is 248 Å². The van der Waals surface area contributed by atoms with Crippen LogP contribution in [0.5, 0.6) is 11.8 Å². The quantitative estimate of drug-likeness (QED) is 0.359. The van der Waals surface area contributed by atoms with Crippen LogP contribution in [0.2, 0.25) is 0 Å². The number of anilines is 1. The number of ether oxygens (including phenoxy) is 1. The SMILES string of the molecule is [2H]C1([2H])CC[C@@]2(COc3nc(N4CC5CCC4CN5)c4cnn(-c5cc(O)cc6ccc(F)c(F)c56)c(=O)c4n3)C[C@@]([2H])(F)CN12. The molecular weight excluding hydrogens is 563 g/mol. The number of benzene rings is 2. The van der Waals surface area contributed by atoms with Gasteiger partial charge in [0.1, 0.15) is 29.8 Å². The molecule has 4 aromatic rings. The van der Waals surface area contributed by atoms with Crippen molar-refractivity contribution in [3.8, 4) is 17.4 Å². The van der Waals surface area contributed by atoms with E-state index in [2.05, 4.69) is 20.3 Å². The third-order valence-electron chi connectivity index (χ3n) is 9.21. The Hall–Kier alpha value is -3.97. The van der Waals surface area contributed by atoms with Gasteiger partial charge < -0.3 is 20.1 Å². The molecule has 224 valence electrons. The summed E-state index contributed by atoms with van der Waals surface area (Å²) in [5.41, 5.74) is -2.21. The van der Waals surface area contributed by atoms with Gasteiger partial charge in [-0.2, -0.15) is 19.7 Å². The van der Waals surface area contributed by atoms with E-state index in [1.165, 1.54) is 23.2 Å². The molecule has 9 rings (SSSR count). The summed E-state index contributed by atoms with van der Waals surface area (Å²) in [7, 11) is 0. The molecule has 5 aliphatic heterocycles. The predicted molar refractivity (Wildman–Crippen MR) is 153 cm³/mol. The first-order valence-corrected chi connectivity index (χ1v) is 14.3. The number of hydrogen-bond donors (Lipinski definition) is 2. The van der Waals surface area contributed by atoms with Crippen molar-refractivity contribution in [3.63, 3.8) is 0 Å². The summed E-state index contributed by atoms with van der Waals surface area (Å²) < 4.78 is 76.1. The van der Waals surface area contributed by atoms with Crippen molar-refractivity contribution < 1.29 is 27.1 Å². The average Bonchev–Trinajstić information content (AvgIpc) is 3.45. The second-order valence-electron chi connectivity index (χ2n) is 11.8. The van der Waals surface area contributed by atoms with Gasteiger partial charge in [-0.3, -0.25) is 9.69 Å². The Morgan fingerprint density at radius 1 is 1.23 bits per heavy atom. The highest BCUT2D eigenvalue weighted by Crippen LogP contribution is 2.41. The maximum absolute atomic E-state index is 15.1. The topological polar surface area (TPSA) is 109 Å². The van der Waals surface area contributed by atoms with Gasteiger partial charge in [0.25, 0.3) is 5.56 Å². The molecule has 0 amide bonds. The summed E-state index contributed by atoms with van der Waals surface area (Å²) in [4.78, 5) is 26.7. The zero-order valence-electron chi connectivity index (χ0n) is 26.0. The molecule has 7 heterocycles. The van der Waals surface area contributed by atoms with Gasteiger partial charge in [-0.05, 0) is 49.7 Å². The summed E-state index contributed by atoms with van der Waals surface area (Å²) >= 11 is 0. The molecule has 13 heteroatoms. The van der Waals surface area contributed by atoms with Gasteiger partial charge in [-0.15, -0.1) is 0 Å². The maximum Gasteiger partial charge on any atom is 0.319 e. The fraction of sp³-hybridized carbons (Fsp3) is 0.467. The van der Waals surface area contributed by atoms with Crippen LogP contribution in [-0.2, 0) is 0 Å². The van der Waals surface area contributed by atoms with E-state index in [-0.39, 0.29) is 71.7 Å². The van der Waals surface area contributed by atoms with Crippen LogP contribution in [0.1, 0.15) is 36.2 Å². The van der Waals surface area contributed by atoms with E-state index in [9.17, 15) is 18.7 Å². The van der Waals surface area contributed by atoms with Crippen LogP contribution in [-0.4, -0.2) is 86.3 Å². The number of alkyl halides is 1. The zero-order valence-corrected chi connectivity index (χ0v) is 23.0. The van der Waals surface area contributed by atoms with Crippen LogP contribution < -0.4 is 20.5 Å². The standard InChI is InChI=1S/C30H30F3N7O3/c31-17-10-30(6-1-7-38(30)13-17)15-43-29-36-26-21(27(37-29)39-14-18-3-4-19(39)11-34-18)12-35-40(28(26)42)23-9-20(41)8-16-2-5-22(32)25(33)24(16)23/h2,5,8-9,12,17-19,34,41H,1,3-4,6-7,10-11,13-15H2/t17-,18?,19?,30+/m1/s1/i7D2,17D. The van der Waals surface area contributed by atoms with Gasteiger partial charge >= 0.3 is 6.01 Å². The molecule has 4 atom stereocenters. The lowest BCUT2D eigenvalue weighted by Crippen LogP contribution is -2.61. The number of phenols is 1. The van der Waals surface area contributed by atoms with Crippen LogP contribution in [0.3, 0.4) is 0 Å². The number of aromatic nitrogens is 4. The van der Waals surface area contributed by atoms with Crippen LogP contribution in [0, 0.1) is 11.6 Å². The van der Waals surface area contributed by atoms with Gasteiger partial charge in [-0.25, -0.2) is 13.2 Å². The maximum atomic E-state index is 15.1. The lowest BCUT2D eigenvalue weighted by Gasteiger charge is -2.46. The number of piperidine rings is 2. The molecule has 5 saturated heterocycles. The largest absolute Gasteiger partial charge is 0.508 e. The molecule has 0 saturated carbocycles. The summed E-state index contributed by atoms with van der Waals surface area (Å²) in [6.07, 6.45) is 1.03. The Morgan fingerprint density at radius 3 is 2.91 bits per heavy atom. The number of phenolic OH excluding ortho intramolecular Hbond substituents is 1. The Balaban J connectivity index is 1.27. The number of nitrogens with one attached hydrogen (secondary N) is 1. The summed E-state index contributed by atoms with van der Waals surface area (Å²) in [6, 6.07) is 4.64. The van der Waals surface area contributed by atoms with Crippen molar-refractivity contribution in [2.75, 3.05) is 37.6 Å². The van der Waals surface area contributed by atoms with Crippen molar-refractivity contribution in [2.45, 2.75) is 55.9 Å². The van der Waals surface area contributed by atoms with Crippen molar-refractivity contribution in [1.82, 2.24) is 30.0 Å². The van der Waals surface area contributed by atoms with E-state index in [0.717, 1.165) is 29.7 Å². The third kappa shape index (κ3) is 4.23. The highest BCUT2D eigenvalue weighted by atomic mass is 19.2. The first-order chi connectivity index (χ1) is 21.8. The van der Waals surface area contributed by atoms with E-state index < -0.39 is 41.9 Å². The fourth-order valence-electron chi connectivity index (χ4n) is 7.06. The van der Waals surface area contributed by atoms with Crippen LogP contribution in [0.25, 0.3) is 27.4 Å².